The van der Waals surface area contributed by atoms with Gasteiger partial charge in [-0.15, -0.1) is 0 Å². The summed E-state index contributed by atoms with van der Waals surface area (Å²) in [6, 6.07) is 11.4. The van der Waals surface area contributed by atoms with Gasteiger partial charge >= 0.3 is 5.97 Å². The fraction of sp³-hybridized carbons (Fsp3) is 0.211. The number of benzene rings is 2. The van der Waals surface area contributed by atoms with E-state index in [1.807, 2.05) is 0 Å². The van der Waals surface area contributed by atoms with Crippen LogP contribution in [0.4, 0.5) is 5.69 Å². The molecule has 9 heteroatoms. The van der Waals surface area contributed by atoms with Crippen LogP contribution in [0.5, 0.6) is 17.2 Å². The fourth-order valence-electron chi connectivity index (χ4n) is 2.36. The molecular weight excluding hydrogens is 368 g/mol. The lowest BCUT2D eigenvalue weighted by Gasteiger charge is -2.08. The topological polar surface area (TPSA) is 112 Å². The van der Waals surface area contributed by atoms with Crippen LogP contribution in [0.2, 0.25) is 0 Å². The Morgan fingerprint density at radius 1 is 1.04 bits per heavy atom. The zero-order valence-electron chi connectivity index (χ0n) is 15.0. The van der Waals surface area contributed by atoms with Crippen molar-refractivity contribution < 1.29 is 33.3 Å². The third-order valence-electron chi connectivity index (χ3n) is 3.77. The molecule has 0 spiro atoms. The highest BCUT2D eigenvalue weighted by Gasteiger charge is 2.17. The number of hydrogen-bond donors (Lipinski definition) is 2. The molecule has 0 radical (unpaired) electrons. The number of nitrogens with one attached hydrogen (secondary N) is 2. The van der Waals surface area contributed by atoms with Gasteiger partial charge in [0.25, 0.3) is 11.8 Å². The standard InChI is InChI=1S/C19H18N2O7/c1-25-14-5-3-13(4-6-14)21-17(22)10-26-18(23)9-20-19(24)12-2-7-15-16(8-12)28-11-27-15/h2-8H,9-11H2,1H3,(H,20,24)(H,21,22). The second kappa shape index (κ2) is 8.76. The van der Waals surface area contributed by atoms with Crippen molar-refractivity contribution in [1.82, 2.24) is 5.32 Å². The summed E-state index contributed by atoms with van der Waals surface area (Å²) in [4.78, 5) is 35.6. The Labute approximate surface area is 160 Å². The molecule has 1 aliphatic rings. The summed E-state index contributed by atoms with van der Waals surface area (Å²) in [6.45, 7) is -0.737. The number of anilines is 1. The molecule has 2 N–H and O–H groups in total. The molecule has 0 unspecified atom stereocenters. The van der Waals surface area contributed by atoms with E-state index >= 15 is 0 Å². The van der Waals surface area contributed by atoms with Gasteiger partial charge in [0.1, 0.15) is 12.3 Å². The van der Waals surface area contributed by atoms with E-state index in [9.17, 15) is 14.4 Å². The van der Waals surface area contributed by atoms with E-state index in [0.29, 0.717) is 28.5 Å². The average Bonchev–Trinajstić information content (AvgIpc) is 3.19. The second-order valence-corrected chi connectivity index (χ2v) is 5.69. The first-order valence-corrected chi connectivity index (χ1v) is 8.32. The number of amides is 2. The highest BCUT2D eigenvalue weighted by Crippen LogP contribution is 2.32. The quantitative estimate of drug-likeness (QED) is 0.691. The van der Waals surface area contributed by atoms with Crippen LogP contribution in [0.1, 0.15) is 10.4 Å². The lowest BCUT2D eigenvalue weighted by molar-refractivity contribution is -0.146. The predicted molar refractivity (Wildman–Crippen MR) is 97.5 cm³/mol. The van der Waals surface area contributed by atoms with Crippen LogP contribution < -0.4 is 24.8 Å². The molecule has 146 valence electrons. The summed E-state index contributed by atoms with van der Waals surface area (Å²) in [5, 5.41) is 5.00. The zero-order valence-corrected chi connectivity index (χ0v) is 15.0. The van der Waals surface area contributed by atoms with Gasteiger partial charge in [0.15, 0.2) is 18.1 Å². The van der Waals surface area contributed by atoms with Crippen LogP contribution in [0.25, 0.3) is 0 Å². The van der Waals surface area contributed by atoms with Crippen molar-refractivity contribution in [3.8, 4) is 17.2 Å². The molecule has 9 nitrogen and oxygen atoms in total. The summed E-state index contributed by atoms with van der Waals surface area (Å²) in [7, 11) is 1.54. The van der Waals surface area contributed by atoms with Gasteiger partial charge in [0, 0.05) is 11.3 Å². The minimum Gasteiger partial charge on any atom is -0.497 e. The minimum absolute atomic E-state index is 0.103. The Morgan fingerprint density at radius 3 is 2.54 bits per heavy atom. The first kappa shape index (κ1) is 19.0. The van der Waals surface area contributed by atoms with E-state index in [-0.39, 0.29) is 13.3 Å². The lowest BCUT2D eigenvalue weighted by atomic mass is 10.2. The summed E-state index contributed by atoms with van der Waals surface area (Å²) in [6.07, 6.45) is 0. The van der Waals surface area contributed by atoms with Gasteiger partial charge in [-0.1, -0.05) is 0 Å². The first-order chi connectivity index (χ1) is 13.5. The molecule has 28 heavy (non-hydrogen) atoms. The van der Waals surface area contributed by atoms with Gasteiger partial charge in [-0.05, 0) is 42.5 Å². The van der Waals surface area contributed by atoms with Crippen LogP contribution >= 0.6 is 0 Å². The van der Waals surface area contributed by atoms with Crippen LogP contribution in [0, 0.1) is 0 Å². The largest absolute Gasteiger partial charge is 0.497 e. The molecule has 2 amide bonds. The molecule has 2 aromatic rings. The van der Waals surface area contributed by atoms with Gasteiger partial charge in [0.05, 0.1) is 7.11 Å². The maximum Gasteiger partial charge on any atom is 0.325 e. The van der Waals surface area contributed by atoms with Crippen LogP contribution in [-0.4, -0.2) is 44.8 Å². The normalized spacial score (nSPS) is 11.5. The predicted octanol–water partition coefficient (Wildman–Crippen LogP) is 1.34. The average molecular weight is 386 g/mol. The molecule has 0 fully saturated rings. The van der Waals surface area contributed by atoms with E-state index in [0.717, 1.165) is 0 Å². The summed E-state index contributed by atoms with van der Waals surface area (Å²) >= 11 is 0. The first-order valence-electron chi connectivity index (χ1n) is 8.32. The molecule has 2 aromatic carbocycles. The van der Waals surface area contributed by atoms with Crippen molar-refractivity contribution in [3.63, 3.8) is 0 Å². The third-order valence-corrected chi connectivity index (χ3v) is 3.77. The minimum atomic E-state index is -0.737. The number of carbonyl (C=O) groups is 3. The fourth-order valence-corrected chi connectivity index (χ4v) is 2.36. The summed E-state index contributed by atoms with van der Waals surface area (Å²) < 4.78 is 20.2. The van der Waals surface area contributed by atoms with Crippen molar-refractivity contribution in [3.05, 3.63) is 48.0 Å². The molecule has 0 saturated heterocycles. The van der Waals surface area contributed by atoms with Crippen molar-refractivity contribution in [2.45, 2.75) is 0 Å². The molecule has 0 atom stereocenters. The van der Waals surface area contributed by atoms with Crippen molar-refractivity contribution in [2.24, 2.45) is 0 Å². The second-order valence-electron chi connectivity index (χ2n) is 5.69. The van der Waals surface area contributed by atoms with Crippen LogP contribution in [-0.2, 0) is 14.3 Å². The van der Waals surface area contributed by atoms with Gasteiger partial charge in [0.2, 0.25) is 6.79 Å². The summed E-state index contributed by atoms with van der Waals surface area (Å²) in [5.74, 6) is -0.0376. The number of fused-ring (bicyclic) bond motifs is 1. The SMILES string of the molecule is COc1ccc(NC(=O)COC(=O)CNC(=O)c2ccc3c(c2)OCO3)cc1. The van der Waals surface area contributed by atoms with Crippen molar-refractivity contribution in [1.29, 1.82) is 0 Å². The lowest BCUT2D eigenvalue weighted by Crippen LogP contribution is -2.32. The number of carbonyl (C=O) groups excluding carboxylic acids is 3. The smallest absolute Gasteiger partial charge is 0.325 e. The molecular formula is C19H18N2O7. The number of hydrogen-bond acceptors (Lipinski definition) is 7. The number of rotatable bonds is 7. The maximum absolute atomic E-state index is 12.1. The van der Waals surface area contributed by atoms with E-state index in [2.05, 4.69) is 10.6 Å². The van der Waals surface area contributed by atoms with Gasteiger partial charge in [-0.25, -0.2) is 0 Å². The molecule has 0 saturated carbocycles. The Hall–Kier alpha value is -3.75. The van der Waals surface area contributed by atoms with E-state index < -0.39 is 24.4 Å². The Bertz CT molecular complexity index is 880. The van der Waals surface area contributed by atoms with Gasteiger partial charge < -0.3 is 29.6 Å². The molecule has 1 heterocycles. The van der Waals surface area contributed by atoms with Gasteiger partial charge in [-0.3, -0.25) is 14.4 Å². The van der Waals surface area contributed by atoms with E-state index in [1.54, 1.807) is 43.5 Å². The Balaban J connectivity index is 1.40. The van der Waals surface area contributed by atoms with Crippen molar-refractivity contribution in [2.75, 3.05) is 32.4 Å². The molecule has 0 aliphatic carbocycles. The van der Waals surface area contributed by atoms with E-state index in [1.165, 1.54) is 6.07 Å². The number of esters is 1. The Kier molecular flexibility index (Phi) is 5.95. The van der Waals surface area contributed by atoms with Crippen LogP contribution in [0.15, 0.2) is 42.5 Å². The highest BCUT2D eigenvalue weighted by molar-refractivity contribution is 5.97. The maximum atomic E-state index is 12.1. The van der Waals surface area contributed by atoms with Crippen molar-refractivity contribution >= 4 is 23.5 Å². The highest BCUT2D eigenvalue weighted by atomic mass is 16.7. The number of methoxy groups -OCH3 is 1. The summed E-state index contributed by atoms with van der Waals surface area (Å²) in [5.41, 5.74) is 0.854. The molecule has 1 aliphatic heterocycles. The molecule has 0 aromatic heterocycles. The third kappa shape index (κ3) is 4.91. The molecule has 0 bridgehead atoms. The monoisotopic (exact) mass is 386 g/mol. The zero-order chi connectivity index (χ0) is 19.9. The molecule has 3 rings (SSSR count). The van der Waals surface area contributed by atoms with Crippen LogP contribution in [0.3, 0.4) is 0 Å². The Morgan fingerprint density at radius 2 is 1.79 bits per heavy atom. The van der Waals surface area contributed by atoms with Gasteiger partial charge in [-0.2, -0.15) is 0 Å². The van der Waals surface area contributed by atoms with E-state index in [4.69, 9.17) is 18.9 Å². The number of ether oxygens (including phenoxy) is 4.